The van der Waals surface area contributed by atoms with Crippen LogP contribution in [0.1, 0.15) is 48.7 Å². The highest BCUT2D eigenvalue weighted by Crippen LogP contribution is 2.42. The highest BCUT2D eigenvalue weighted by molar-refractivity contribution is 7.46. The van der Waals surface area contributed by atoms with E-state index in [-0.39, 0.29) is 49.4 Å². The van der Waals surface area contributed by atoms with Crippen LogP contribution < -0.4 is 17.1 Å². The molecule has 202 valence electrons. The molecule has 38 heavy (non-hydrogen) atoms. The second-order valence-corrected chi connectivity index (χ2v) is 10.3. The van der Waals surface area contributed by atoms with E-state index in [0.29, 0.717) is 29.3 Å². The number of fused-ring (bicyclic) bond motifs is 1. The van der Waals surface area contributed by atoms with E-state index in [4.69, 9.17) is 28.4 Å². The Morgan fingerprint density at radius 2 is 2.00 bits per heavy atom. The fourth-order valence-electron chi connectivity index (χ4n) is 4.37. The highest BCUT2D eigenvalue weighted by atomic mass is 31.2. The van der Waals surface area contributed by atoms with E-state index in [2.05, 4.69) is 15.0 Å². The number of benzene rings is 1. The Labute approximate surface area is 216 Å². The summed E-state index contributed by atoms with van der Waals surface area (Å²) < 4.78 is 43.5. The van der Waals surface area contributed by atoms with Crippen LogP contribution in [0.5, 0.6) is 0 Å². The van der Waals surface area contributed by atoms with E-state index in [1.54, 1.807) is 16.7 Å². The van der Waals surface area contributed by atoms with Gasteiger partial charge in [-0.2, -0.15) is 4.98 Å². The molecule has 0 spiro atoms. The van der Waals surface area contributed by atoms with Crippen LogP contribution in [0, 0.1) is 5.82 Å². The van der Waals surface area contributed by atoms with Gasteiger partial charge in [0.2, 0.25) is 5.95 Å². The smallest absolute Gasteiger partial charge is 0.395 e. The molecule has 3 heterocycles. The maximum Gasteiger partial charge on any atom is 0.519 e. The molecular formula is C24H27FN5O7P. The first-order valence-corrected chi connectivity index (χ1v) is 13.5. The van der Waals surface area contributed by atoms with Crippen LogP contribution in [-0.4, -0.2) is 32.5 Å². The minimum absolute atomic E-state index is 0.00397. The van der Waals surface area contributed by atoms with Gasteiger partial charge in [-0.1, -0.05) is 25.0 Å². The van der Waals surface area contributed by atoms with Crippen molar-refractivity contribution in [3.8, 4) is 0 Å². The number of nitrogen functional groups attached to an aromatic ring is 1. The SMILES string of the molecule is Nc1nc2c(ncn2CCOCP(OCc2cccc(F)c2)OCc2oc(=O)oc2C2CCCC2)c(=O)[nH]1. The Bertz CT molecular complexity index is 1490. The largest absolute Gasteiger partial charge is 0.519 e. The average Bonchev–Trinajstić information content (AvgIpc) is 3.63. The zero-order valence-corrected chi connectivity index (χ0v) is 21.3. The molecule has 1 aliphatic carbocycles. The van der Waals surface area contributed by atoms with Crippen LogP contribution in [0.3, 0.4) is 0 Å². The van der Waals surface area contributed by atoms with Gasteiger partial charge in [-0.05, 0) is 30.5 Å². The molecule has 0 bridgehead atoms. The molecule has 1 aromatic carbocycles. The van der Waals surface area contributed by atoms with Gasteiger partial charge in [-0.15, -0.1) is 0 Å². The maximum absolute atomic E-state index is 13.6. The summed E-state index contributed by atoms with van der Waals surface area (Å²) in [5.41, 5.74) is 6.40. The van der Waals surface area contributed by atoms with Crippen LogP contribution in [0.2, 0.25) is 0 Å². The number of nitrogens with two attached hydrogens (primary N) is 1. The minimum atomic E-state index is -1.61. The van der Waals surface area contributed by atoms with Crippen molar-refractivity contribution in [3.05, 3.63) is 74.5 Å². The fraction of sp³-hybridized carbons (Fsp3) is 0.417. The van der Waals surface area contributed by atoms with Crippen LogP contribution >= 0.6 is 8.38 Å². The van der Waals surface area contributed by atoms with Crippen LogP contribution in [-0.2, 0) is 33.5 Å². The molecule has 1 fully saturated rings. The van der Waals surface area contributed by atoms with Crippen molar-refractivity contribution < 1.29 is 27.0 Å². The molecule has 3 N–H and O–H groups in total. The lowest BCUT2D eigenvalue weighted by Crippen LogP contribution is -2.13. The van der Waals surface area contributed by atoms with Crippen molar-refractivity contribution in [3.63, 3.8) is 0 Å². The molecular weight excluding hydrogens is 520 g/mol. The van der Waals surface area contributed by atoms with E-state index in [9.17, 15) is 14.0 Å². The number of hydrogen-bond acceptors (Lipinski definition) is 10. The van der Waals surface area contributed by atoms with Gasteiger partial charge in [0.1, 0.15) is 18.8 Å². The number of rotatable bonds is 12. The molecule has 3 aromatic heterocycles. The van der Waals surface area contributed by atoms with E-state index < -0.39 is 19.8 Å². The molecule has 0 saturated heterocycles. The number of nitrogens with zero attached hydrogens (tertiary/aromatic N) is 3. The van der Waals surface area contributed by atoms with Crippen molar-refractivity contribution in [1.29, 1.82) is 0 Å². The third-order valence-electron chi connectivity index (χ3n) is 6.17. The predicted octanol–water partition coefficient (Wildman–Crippen LogP) is 3.76. The Balaban J connectivity index is 1.21. The molecule has 1 unspecified atom stereocenters. The van der Waals surface area contributed by atoms with Crippen LogP contribution in [0.15, 0.2) is 49.0 Å². The topological polar surface area (TPSA) is 161 Å². The molecule has 0 aliphatic heterocycles. The molecule has 1 aliphatic rings. The first-order chi connectivity index (χ1) is 18.5. The first kappa shape index (κ1) is 26.2. The lowest BCUT2D eigenvalue weighted by Gasteiger charge is -2.18. The summed E-state index contributed by atoms with van der Waals surface area (Å²) in [7, 11) is -1.61. The quantitative estimate of drug-likeness (QED) is 0.197. The number of nitrogens with one attached hydrogen (secondary N) is 1. The van der Waals surface area contributed by atoms with Crippen molar-refractivity contribution in [2.45, 2.75) is 51.4 Å². The van der Waals surface area contributed by atoms with Gasteiger partial charge in [0, 0.05) is 12.5 Å². The van der Waals surface area contributed by atoms with Crippen molar-refractivity contribution in [1.82, 2.24) is 19.5 Å². The molecule has 1 atom stereocenters. The number of H-pyrrole nitrogens is 1. The Kier molecular flexibility index (Phi) is 8.28. The number of imidazole rings is 1. The number of halogens is 1. The van der Waals surface area contributed by atoms with Crippen LogP contribution in [0.4, 0.5) is 10.3 Å². The Hall–Kier alpha value is -3.38. The molecule has 4 aromatic rings. The zero-order chi connectivity index (χ0) is 26.5. The number of anilines is 1. The number of aromatic amines is 1. The first-order valence-electron chi connectivity index (χ1n) is 12.1. The minimum Gasteiger partial charge on any atom is -0.395 e. The summed E-state index contributed by atoms with van der Waals surface area (Å²) in [6.45, 7) is 0.672. The summed E-state index contributed by atoms with van der Waals surface area (Å²) in [6.07, 6.45) is 5.58. The lowest BCUT2D eigenvalue weighted by molar-refractivity contribution is 0.135. The van der Waals surface area contributed by atoms with Crippen LogP contribution in [0.25, 0.3) is 11.2 Å². The van der Waals surface area contributed by atoms with Crippen molar-refractivity contribution in [2.24, 2.45) is 0 Å². The van der Waals surface area contributed by atoms with Gasteiger partial charge in [0.15, 0.2) is 31.1 Å². The standard InChI is InChI=1S/C24H27FN5O7P/c25-17-7-3-4-15(10-17)11-34-38(35-12-18-20(37-24(32)36-18)16-5-1-2-6-16)14-33-9-8-30-13-27-19-21(30)28-23(26)29-22(19)31/h3-4,7,10,13,16H,1-2,5-6,8-9,11-12,14H2,(H3,26,28,29,31). The summed E-state index contributed by atoms with van der Waals surface area (Å²) in [5.74, 6) is -0.113. The number of aromatic nitrogens is 4. The Morgan fingerprint density at radius 3 is 2.82 bits per heavy atom. The van der Waals surface area contributed by atoms with Gasteiger partial charge >= 0.3 is 5.82 Å². The summed E-state index contributed by atoms with van der Waals surface area (Å²) >= 11 is 0. The summed E-state index contributed by atoms with van der Waals surface area (Å²) in [6, 6.07) is 6.08. The molecule has 14 heteroatoms. The van der Waals surface area contributed by atoms with Gasteiger partial charge in [0.05, 0.1) is 19.5 Å². The third-order valence-corrected chi connectivity index (χ3v) is 7.40. The van der Waals surface area contributed by atoms with Gasteiger partial charge in [0.25, 0.3) is 5.56 Å². The monoisotopic (exact) mass is 547 g/mol. The maximum atomic E-state index is 13.6. The van der Waals surface area contributed by atoms with Gasteiger partial charge in [-0.3, -0.25) is 9.78 Å². The number of ether oxygens (including phenoxy) is 1. The predicted molar refractivity (Wildman–Crippen MR) is 135 cm³/mol. The molecule has 12 nitrogen and oxygen atoms in total. The molecule has 1 saturated carbocycles. The van der Waals surface area contributed by atoms with E-state index in [1.807, 2.05) is 0 Å². The zero-order valence-electron chi connectivity index (χ0n) is 20.4. The highest BCUT2D eigenvalue weighted by Gasteiger charge is 2.27. The lowest BCUT2D eigenvalue weighted by atomic mass is 10.0. The Morgan fingerprint density at radius 1 is 1.18 bits per heavy atom. The summed E-state index contributed by atoms with van der Waals surface area (Å²) in [4.78, 5) is 34.4. The molecule has 0 radical (unpaired) electrons. The second-order valence-electron chi connectivity index (χ2n) is 8.83. The van der Waals surface area contributed by atoms with E-state index in [0.717, 1.165) is 25.7 Å². The van der Waals surface area contributed by atoms with Gasteiger partial charge in [-0.25, -0.2) is 14.2 Å². The third kappa shape index (κ3) is 6.36. The average molecular weight is 547 g/mol. The normalized spacial score (nSPS) is 15.0. The molecule has 5 rings (SSSR count). The van der Waals surface area contributed by atoms with E-state index in [1.165, 1.54) is 18.5 Å². The fourth-order valence-corrected chi connectivity index (χ4v) is 5.43. The second kappa shape index (κ2) is 12.0. The van der Waals surface area contributed by atoms with E-state index >= 15 is 0 Å². The number of hydrogen-bond donors (Lipinski definition) is 2. The summed E-state index contributed by atoms with van der Waals surface area (Å²) in [5, 5.41) is 0. The van der Waals surface area contributed by atoms with Crippen molar-refractivity contribution in [2.75, 3.05) is 18.7 Å². The molecule has 0 amide bonds. The van der Waals surface area contributed by atoms with Gasteiger partial charge < -0.3 is 32.9 Å². The van der Waals surface area contributed by atoms with Crippen molar-refractivity contribution >= 4 is 25.5 Å².